The summed E-state index contributed by atoms with van der Waals surface area (Å²) >= 11 is 0. The van der Waals surface area contributed by atoms with E-state index in [1.165, 1.54) is 6.26 Å². The molecule has 0 saturated carbocycles. The summed E-state index contributed by atoms with van der Waals surface area (Å²) < 4.78 is 5.45. The van der Waals surface area contributed by atoms with Crippen LogP contribution in [-0.4, -0.2) is 41.0 Å². The molecule has 1 aromatic carbocycles. The van der Waals surface area contributed by atoms with E-state index in [9.17, 15) is 4.79 Å². The third-order valence-electron chi connectivity index (χ3n) is 4.04. The lowest BCUT2D eigenvalue weighted by atomic mass is 10.1. The second-order valence-corrected chi connectivity index (χ2v) is 5.39. The lowest BCUT2D eigenvalue weighted by Gasteiger charge is -2.38. The van der Waals surface area contributed by atoms with E-state index in [2.05, 4.69) is 17.2 Å². The number of hydrogen-bond acceptors (Lipinski definition) is 4. The number of nitrogens with zero attached hydrogens (tertiary/aromatic N) is 2. The molecule has 2 aromatic rings. The normalized spacial score (nSPS) is 21.3. The Labute approximate surface area is 136 Å². The topological polar surface area (TPSA) is 58.4 Å². The molecule has 2 unspecified atom stereocenters. The molecule has 0 spiro atoms. The molecule has 22 heavy (non-hydrogen) atoms. The fourth-order valence-electron chi connectivity index (χ4n) is 2.58. The van der Waals surface area contributed by atoms with Gasteiger partial charge in [0, 0.05) is 30.7 Å². The Kier molecular flexibility index (Phi) is 5.21. The highest BCUT2D eigenvalue weighted by molar-refractivity contribution is 5.92. The molecule has 0 bridgehead atoms. The van der Waals surface area contributed by atoms with Crippen molar-refractivity contribution in [1.29, 1.82) is 0 Å². The molecule has 1 amide bonds. The zero-order valence-corrected chi connectivity index (χ0v) is 13.5. The first kappa shape index (κ1) is 16.5. The maximum absolute atomic E-state index is 12.6. The van der Waals surface area contributed by atoms with Crippen LogP contribution in [0, 0.1) is 0 Å². The van der Waals surface area contributed by atoms with Gasteiger partial charge in [-0.25, -0.2) is 4.98 Å². The summed E-state index contributed by atoms with van der Waals surface area (Å²) in [6.45, 7) is 5.63. The molecule has 2 atom stereocenters. The minimum Gasteiger partial charge on any atom is -0.444 e. The van der Waals surface area contributed by atoms with E-state index in [-0.39, 0.29) is 30.4 Å². The monoisotopic (exact) mass is 321 g/mol. The van der Waals surface area contributed by atoms with Gasteiger partial charge in [0.2, 0.25) is 5.89 Å². The van der Waals surface area contributed by atoms with Crippen molar-refractivity contribution in [2.45, 2.75) is 25.9 Å². The summed E-state index contributed by atoms with van der Waals surface area (Å²) in [5, 5.41) is 3.36. The van der Waals surface area contributed by atoms with Crippen LogP contribution in [0.2, 0.25) is 0 Å². The molecule has 6 heteroatoms. The van der Waals surface area contributed by atoms with Gasteiger partial charge >= 0.3 is 0 Å². The highest BCUT2D eigenvalue weighted by atomic mass is 35.5. The molecule has 1 N–H and O–H groups in total. The highest BCUT2D eigenvalue weighted by Crippen LogP contribution is 2.20. The number of oxazole rings is 1. The Balaban J connectivity index is 0.00000176. The fourth-order valence-corrected chi connectivity index (χ4v) is 2.58. The van der Waals surface area contributed by atoms with Gasteiger partial charge in [0.15, 0.2) is 5.69 Å². The first-order chi connectivity index (χ1) is 10.2. The van der Waals surface area contributed by atoms with Crippen molar-refractivity contribution in [3.8, 4) is 11.5 Å². The maximum Gasteiger partial charge on any atom is 0.276 e. The third kappa shape index (κ3) is 3.15. The van der Waals surface area contributed by atoms with Crippen LogP contribution in [0.25, 0.3) is 11.5 Å². The standard InChI is InChI=1S/C16H19N3O2.ClH/c1-11-12(2)19(9-8-17-11)16(20)14-10-21-15(18-14)13-6-4-3-5-7-13;/h3-7,10-12,17H,8-9H2,1-2H3;1H. The number of benzene rings is 1. The fraction of sp³-hybridized carbons (Fsp3) is 0.375. The van der Waals surface area contributed by atoms with Crippen molar-refractivity contribution in [1.82, 2.24) is 15.2 Å². The van der Waals surface area contributed by atoms with Crippen LogP contribution in [0.1, 0.15) is 24.3 Å². The van der Waals surface area contributed by atoms with Gasteiger partial charge in [0.25, 0.3) is 5.91 Å². The van der Waals surface area contributed by atoms with Gasteiger partial charge in [-0.3, -0.25) is 4.79 Å². The molecule has 118 valence electrons. The molecule has 1 fully saturated rings. The summed E-state index contributed by atoms with van der Waals surface area (Å²) in [5.74, 6) is 0.413. The van der Waals surface area contributed by atoms with E-state index in [0.29, 0.717) is 18.1 Å². The van der Waals surface area contributed by atoms with Crippen LogP contribution in [0.5, 0.6) is 0 Å². The Morgan fingerprint density at radius 1 is 1.32 bits per heavy atom. The smallest absolute Gasteiger partial charge is 0.276 e. The minimum atomic E-state index is -0.0678. The van der Waals surface area contributed by atoms with Crippen LogP contribution in [0.4, 0.5) is 0 Å². The Morgan fingerprint density at radius 2 is 2.05 bits per heavy atom. The van der Waals surface area contributed by atoms with Crippen molar-refractivity contribution in [3.05, 3.63) is 42.3 Å². The number of nitrogens with one attached hydrogen (secondary N) is 1. The van der Waals surface area contributed by atoms with Crippen LogP contribution < -0.4 is 5.32 Å². The molecule has 1 aromatic heterocycles. The predicted octanol–water partition coefficient (Wildman–Crippen LogP) is 2.59. The quantitative estimate of drug-likeness (QED) is 0.923. The van der Waals surface area contributed by atoms with E-state index >= 15 is 0 Å². The number of carbonyl (C=O) groups excluding carboxylic acids is 1. The number of halogens is 1. The van der Waals surface area contributed by atoms with Gasteiger partial charge in [0.1, 0.15) is 6.26 Å². The zero-order valence-electron chi connectivity index (χ0n) is 12.7. The summed E-state index contributed by atoms with van der Waals surface area (Å²) in [6.07, 6.45) is 1.45. The van der Waals surface area contributed by atoms with E-state index in [0.717, 1.165) is 12.1 Å². The molecule has 1 aliphatic rings. The Hall–Kier alpha value is -1.85. The second-order valence-electron chi connectivity index (χ2n) is 5.39. The van der Waals surface area contributed by atoms with Crippen molar-refractivity contribution in [3.63, 3.8) is 0 Å². The largest absolute Gasteiger partial charge is 0.444 e. The van der Waals surface area contributed by atoms with Gasteiger partial charge in [-0.05, 0) is 26.0 Å². The Bertz CT molecular complexity index is 629. The number of hydrogen-bond donors (Lipinski definition) is 1. The first-order valence-corrected chi connectivity index (χ1v) is 7.22. The molecule has 0 aliphatic carbocycles. The summed E-state index contributed by atoms with van der Waals surface area (Å²) in [7, 11) is 0. The van der Waals surface area contributed by atoms with Gasteiger partial charge in [-0.2, -0.15) is 0 Å². The average Bonchev–Trinajstić information content (AvgIpc) is 3.00. The SMILES string of the molecule is CC1NCCN(C(=O)c2coc(-c3ccccc3)n2)C1C.Cl. The van der Waals surface area contributed by atoms with E-state index in [1.807, 2.05) is 42.2 Å². The van der Waals surface area contributed by atoms with E-state index < -0.39 is 0 Å². The zero-order chi connectivity index (χ0) is 14.8. The predicted molar refractivity (Wildman–Crippen MR) is 87.2 cm³/mol. The number of piperazine rings is 1. The number of rotatable bonds is 2. The molecule has 2 heterocycles. The summed E-state index contributed by atoms with van der Waals surface area (Å²) in [5.41, 5.74) is 1.24. The van der Waals surface area contributed by atoms with Crippen molar-refractivity contribution >= 4 is 18.3 Å². The second kappa shape index (κ2) is 6.94. The molecular weight excluding hydrogens is 302 g/mol. The minimum absolute atomic E-state index is 0. The molecule has 1 aliphatic heterocycles. The average molecular weight is 322 g/mol. The van der Waals surface area contributed by atoms with Gasteiger partial charge in [-0.15, -0.1) is 12.4 Å². The van der Waals surface area contributed by atoms with Crippen LogP contribution in [-0.2, 0) is 0 Å². The van der Waals surface area contributed by atoms with Gasteiger partial charge in [0.05, 0.1) is 0 Å². The van der Waals surface area contributed by atoms with Gasteiger partial charge < -0.3 is 14.6 Å². The van der Waals surface area contributed by atoms with Crippen LogP contribution in [0.15, 0.2) is 41.0 Å². The molecule has 5 nitrogen and oxygen atoms in total. The van der Waals surface area contributed by atoms with Crippen LogP contribution >= 0.6 is 12.4 Å². The molecule has 1 saturated heterocycles. The Morgan fingerprint density at radius 3 is 2.77 bits per heavy atom. The van der Waals surface area contributed by atoms with E-state index in [1.54, 1.807) is 0 Å². The van der Waals surface area contributed by atoms with Gasteiger partial charge in [-0.1, -0.05) is 18.2 Å². The first-order valence-electron chi connectivity index (χ1n) is 7.22. The maximum atomic E-state index is 12.6. The molecular formula is C16H20ClN3O2. The number of carbonyl (C=O) groups is 1. The van der Waals surface area contributed by atoms with Crippen LogP contribution in [0.3, 0.4) is 0 Å². The van der Waals surface area contributed by atoms with E-state index in [4.69, 9.17) is 4.42 Å². The molecule has 3 rings (SSSR count). The van der Waals surface area contributed by atoms with Crippen molar-refractivity contribution in [2.75, 3.05) is 13.1 Å². The summed E-state index contributed by atoms with van der Waals surface area (Å²) in [6, 6.07) is 10.0. The lowest BCUT2D eigenvalue weighted by Crippen LogP contribution is -2.57. The van der Waals surface area contributed by atoms with Crippen molar-refractivity contribution in [2.24, 2.45) is 0 Å². The lowest BCUT2D eigenvalue weighted by molar-refractivity contribution is 0.0597. The van der Waals surface area contributed by atoms with Crippen molar-refractivity contribution < 1.29 is 9.21 Å². The number of aromatic nitrogens is 1. The third-order valence-corrected chi connectivity index (χ3v) is 4.04. The highest BCUT2D eigenvalue weighted by Gasteiger charge is 2.30. The molecule has 0 radical (unpaired) electrons. The summed E-state index contributed by atoms with van der Waals surface area (Å²) in [4.78, 5) is 18.8. The number of amides is 1.